The Hall–Kier alpha value is -1.80. The van der Waals surface area contributed by atoms with Crippen molar-refractivity contribution in [3.63, 3.8) is 0 Å². The predicted molar refractivity (Wildman–Crippen MR) is 86.2 cm³/mol. The van der Waals surface area contributed by atoms with Gasteiger partial charge in [0.1, 0.15) is 12.4 Å². The smallest absolute Gasteiger partial charge is 0.120 e. The molecule has 0 aromatic heterocycles. The fraction of sp³-hybridized carbons (Fsp3) is 0.368. The van der Waals surface area contributed by atoms with Crippen molar-refractivity contribution < 1.29 is 9.84 Å². The second-order valence-electron chi connectivity index (χ2n) is 5.61. The van der Waals surface area contributed by atoms with E-state index in [0.29, 0.717) is 12.5 Å². The van der Waals surface area contributed by atoms with Crippen LogP contribution in [0.4, 0.5) is 0 Å². The van der Waals surface area contributed by atoms with Gasteiger partial charge in [0.2, 0.25) is 0 Å². The lowest BCUT2D eigenvalue weighted by molar-refractivity contribution is 0.146. The third-order valence-corrected chi connectivity index (χ3v) is 3.81. The van der Waals surface area contributed by atoms with Crippen molar-refractivity contribution in [3.8, 4) is 5.75 Å². The molecule has 0 radical (unpaired) electrons. The Balaban J connectivity index is 1.97. The number of rotatable bonds is 7. The maximum absolute atomic E-state index is 10.3. The molecule has 0 saturated carbocycles. The molecule has 2 aromatic rings. The maximum Gasteiger partial charge on any atom is 0.120 e. The van der Waals surface area contributed by atoms with Gasteiger partial charge < -0.3 is 9.84 Å². The van der Waals surface area contributed by atoms with Crippen LogP contribution < -0.4 is 4.74 Å². The molecule has 0 aliphatic rings. The van der Waals surface area contributed by atoms with Crippen LogP contribution in [0, 0.1) is 5.92 Å². The van der Waals surface area contributed by atoms with Crippen LogP contribution in [0.5, 0.6) is 5.75 Å². The second-order valence-corrected chi connectivity index (χ2v) is 5.61. The van der Waals surface area contributed by atoms with Crippen molar-refractivity contribution in [3.05, 3.63) is 65.7 Å². The number of benzene rings is 2. The van der Waals surface area contributed by atoms with E-state index in [1.54, 1.807) is 0 Å². The first kappa shape index (κ1) is 15.6. The van der Waals surface area contributed by atoms with Gasteiger partial charge in [-0.3, -0.25) is 0 Å². The predicted octanol–water partition coefficient (Wildman–Crippen LogP) is 4.74. The zero-order valence-corrected chi connectivity index (χ0v) is 12.8. The SMILES string of the molecule is CCC(C)CC(O)c1cccc(OCc2ccccc2)c1. The van der Waals surface area contributed by atoms with Crippen LogP contribution in [0.1, 0.15) is 43.9 Å². The van der Waals surface area contributed by atoms with Crippen LogP contribution >= 0.6 is 0 Å². The van der Waals surface area contributed by atoms with Crippen molar-refractivity contribution in [1.82, 2.24) is 0 Å². The van der Waals surface area contributed by atoms with Gasteiger partial charge in [-0.05, 0) is 35.6 Å². The van der Waals surface area contributed by atoms with E-state index >= 15 is 0 Å². The first-order chi connectivity index (χ1) is 10.2. The Labute approximate surface area is 127 Å². The lowest BCUT2D eigenvalue weighted by atomic mass is 9.96. The summed E-state index contributed by atoms with van der Waals surface area (Å²) < 4.78 is 5.80. The van der Waals surface area contributed by atoms with E-state index in [9.17, 15) is 5.11 Å². The highest BCUT2D eigenvalue weighted by molar-refractivity contribution is 5.30. The van der Waals surface area contributed by atoms with Gasteiger partial charge in [-0.25, -0.2) is 0 Å². The third kappa shape index (κ3) is 4.91. The molecule has 112 valence electrons. The van der Waals surface area contributed by atoms with Gasteiger partial charge in [-0.1, -0.05) is 62.7 Å². The van der Waals surface area contributed by atoms with Crippen molar-refractivity contribution in [2.45, 2.75) is 39.4 Å². The average molecular weight is 284 g/mol. The van der Waals surface area contributed by atoms with Crippen LogP contribution in [0.15, 0.2) is 54.6 Å². The van der Waals surface area contributed by atoms with E-state index < -0.39 is 6.10 Å². The Kier molecular flexibility index (Phi) is 5.82. The largest absolute Gasteiger partial charge is 0.489 e. The maximum atomic E-state index is 10.3. The van der Waals surface area contributed by atoms with E-state index in [4.69, 9.17) is 4.74 Å². The van der Waals surface area contributed by atoms with Crippen LogP contribution in [0.2, 0.25) is 0 Å². The van der Waals surface area contributed by atoms with E-state index in [1.807, 2.05) is 54.6 Å². The van der Waals surface area contributed by atoms with Crippen LogP contribution in [0.25, 0.3) is 0 Å². The molecule has 2 heteroatoms. The quantitative estimate of drug-likeness (QED) is 0.796. The summed E-state index contributed by atoms with van der Waals surface area (Å²) in [6.07, 6.45) is 1.46. The van der Waals surface area contributed by atoms with Gasteiger partial charge in [0.15, 0.2) is 0 Å². The average Bonchev–Trinajstić information content (AvgIpc) is 2.54. The summed E-state index contributed by atoms with van der Waals surface area (Å²) in [5.41, 5.74) is 2.07. The number of aliphatic hydroxyl groups is 1. The Morgan fingerprint density at radius 1 is 1.05 bits per heavy atom. The van der Waals surface area contributed by atoms with Gasteiger partial charge >= 0.3 is 0 Å². The molecule has 2 rings (SSSR count). The lowest BCUT2D eigenvalue weighted by Gasteiger charge is -2.16. The minimum Gasteiger partial charge on any atom is -0.489 e. The second kappa shape index (κ2) is 7.84. The molecule has 0 aliphatic carbocycles. The van der Waals surface area contributed by atoms with Crippen LogP contribution in [0.3, 0.4) is 0 Å². The summed E-state index contributed by atoms with van der Waals surface area (Å²) in [5, 5.41) is 10.3. The molecule has 0 spiro atoms. The molecule has 2 nitrogen and oxygen atoms in total. The molecule has 1 N–H and O–H groups in total. The fourth-order valence-corrected chi connectivity index (χ4v) is 2.24. The highest BCUT2D eigenvalue weighted by Gasteiger charge is 2.12. The topological polar surface area (TPSA) is 29.5 Å². The lowest BCUT2D eigenvalue weighted by Crippen LogP contribution is -2.04. The normalized spacial score (nSPS) is 13.7. The van der Waals surface area contributed by atoms with Gasteiger partial charge in [-0.2, -0.15) is 0 Å². The summed E-state index contributed by atoms with van der Waals surface area (Å²) in [4.78, 5) is 0. The van der Waals surface area contributed by atoms with Gasteiger partial charge in [0.25, 0.3) is 0 Å². The number of hydrogen-bond donors (Lipinski definition) is 1. The molecule has 0 saturated heterocycles. The Bertz CT molecular complexity index is 536. The van der Waals surface area contributed by atoms with Gasteiger partial charge in [-0.15, -0.1) is 0 Å². The molecule has 2 unspecified atom stereocenters. The minimum absolute atomic E-state index is 0.416. The van der Waals surface area contributed by atoms with E-state index in [2.05, 4.69) is 13.8 Å². The Morgan fingerprint density at radius 3 is 2.52 bits per heavy atom. The summed E-state index contributed by atoms with van der Waals surface area (Å²) >= 11 is 0. The third-order valence-electron chi connectivity index (χ3n) is 3.81. The highest BCUT2D eigenvalue weighted by Crippen LogP contribution is 2.26. The van der Waals surface area contributed by atoms with Gasteiger partial charge in [0.05, 0.1) is 6.10 Å². The Morgan fingerprint density at radius 2 is 1.81 bits per heavy atom. The molecular weight excluding hydrogens is 260 g/mol. The molecule has 0 heterocycles. The van der Waals surface area contributed by atoms with Gasteiger partial charge in [0, 0.05) is 0 Å². The van der Waals surface area contributed by atoms with Crippen molar-refractivity contribution in [1.29, 1.82) is 0 Å². The van der Waals surface area contributed by atoms with Crippen LogP contribution in [-0.4, -0.2) is 5.11 Å². The van der Waals surface area contributed by atoms with Crippen LogP contribution in [-0.2, 0) is 6.61 Å². The van der Waals surface area contributed by atoms with Crippen molar-refractivity contribution in [2.24, 2.45) is 5.92 Å². The minimum atomic E-state index is -0.416. The first-order valence-corrected chi connectivity index (χ1v) is 7.63. The molecule has 2 atom stereocenters. The first-order valence-electron chi connectivity index (χ1n) is 7.63. The zero-order chi connectivity index (χ0) is 15.1. The highest BCUT2D eigenvalue weighted by atomic mass is 16.5. The molecule has 0 aliphatic heterocycles. The van der Waals surface area contributed by atoms with Crippen molar-refractivity contribution >= 4 is 0 Å². The van der Waals surface area contributed by atoms with E-state index in [1.165, 1.54) is 0 Å². The summed E-state index contributed by atoms with van der Waals surface area (Å²) in [6.45, 7) is 4.86. The number of ether oxygens (including phenoxy) is 1. The zero-order valence-electron chi connectivity index (χ0n) is 12.8. The monoisotopic (exact) mass is 284 g/mol. The number of aliphatic hydroxyl groups excluding tert-OH is 1. The fourth-order valence-electron chi connectivity index (χ4n) is 2.24. The molecule has 2 aromatic carbocycles. The van der Waals surface area contributed by atoms with E-state index in [0.717, 1.165) is 29.7 Å². The van der Waals surface area contributed by atoms with Crippen molar-refractivity contribution in [2.75, 3.05) is 0 Å². The number of hydrogen-bond acceptors (Lipinski definition) is 2. The van der Waals surface area contributed by atoms with E-state index in [-0.39, 0.29) is 0 Å². The summed E-state index contributed by atoms with van der Waals surface area (Å²) in [6, 6.07) is 17.9. The molecule has 0 bridgehead atoms. The molecule has 0 fully saturated rings. The molecule has 21 heavy (non-hydrogen) atoms. The summed E-state index contributed by atoms with van der Waals surface area (Å²) in [5.74, 6) is 1.33. The molecule has 0 amide bonds. The molecular formula is C19H24O2. The summed E-state index contributed by atoms with van der Waals surface area (Å²) in [7, 11) is 0. The standard InChI is InChI=1S/C19H24O2/c1-3-15(2)12-19(20)17-10-7-11-18(13-17)21-14-16-8-5-4-6-9-16/h4-11,13,15,19-20H,3,12,14H2,1-2H3.